The average molecular weight is 428 g/mol. The molecule has 0 unspecified atom stereocenters. The number of carbonyl (C=O) groups excluding carboxylic acids is 2. The van der Waals surface area contributed by atoms with Gasteiger partial charge in [0.05, 0.1) is 13.7 Å². The molecule has 0 aromatic heterocycles. The van der Waals surface area contributed by atoms with E-state index < -0.39 is 18.4 Å². The number of nitrogens with zero attached hydrogens (tertiary/aromatic N) is 1. The number of ether oxygens (including phenoxy) is 2. The monoisotopic (exact) mass is 427 g/mol. The first-order valence-electron chi connectivity index (χ1n) is 8.43. The van der Waals surface area contributed by atoms with Crippen LogP contribution < -0.4 is 20.3 Å². The summed E-state index contributed by atoms with van der Waals surface area (Å²) in [6.07, 6.45) is 0. The zero-order chi connectivity index (χ0) is 21.4. The molecule has 10 heteroatoms. The SMILES string of the molecule is COc1cc(CN(C)CC(=O)NNC(=O)c2ccc(Cl)cc2)ccc1OC(F)F. The predicted octanol–water partition coefficient (Wildman–Crippen LogP) is 2.84. The number of alkyl halides is 2. The van der Waals surface area contributed by atoms with Gasteiger partial charge in [-0.25, -0.2) is 0 Å². The smallest absolute Gasteiger partial charge is 0.387 e. The molecular formula is C19H20ClF2N3O4. The summed E-state index contributed by atoms with van der Waals surface area (Å²) < 4.78 is 34.2. The van der Waals surface area contributed by atoms with Crippen LogP contribution in [0.4, 0.5) is 8.78 Å². The highest BCUT2D eigenvalue weighted by Gasteiger charge is 2.13. The van der Waals surface area contributed by atoms with Crippen LogP contribution in [0, 0.1) is 0 Å². The first-order valence-corrected chi connectivity index (χ1v) is 8.81. The maximum atomic E-state index is 12.4. The molecule has 0 fully saturated rings. The number of hydrogen-bond donors (Lipinski definition) is 2. The lowest BCUT2D eigenvalue weighted by Gasteiger charge is -2.18. The summed E-state index contributed by atoms with van der Waals surface area (Å²) >= 11 is 5.76. The van der Waals surface area contributed by atoms with Crippen LogP contribution >= 0.6 is 11.6 Å². The van der Waals surface area contributed by atoms with E-state index in [0.717, 1.165) is 5.56 Å². The second-order valence-corrected chi connectivity index (χ2v) is 6.48. The van der Waals surface area contributed by atoms with E-state index in [1.54, 1.807) is 36.2 Å². The van der Waals surface area contributed by atoms with Crippen molar-refractivity contribution in [2.45, 2.75) is 13.2 Å². The van der Waals surface area contributed by atoms with Crippen LogP contribution in [-0.2, 0) is 11.3 Å². The van der Waals surface area contributed by atoms with Gasteiger partial charge in [-0.2, -0.15) is 8.78 Å². The van der Waals surface area contributed by atoms with Crippen LogP contribution in [0.2, 0.25) is 5.02 Å². The van der Waals surface area contributed by atoms with E-state index in [0.29, 0.717) is 17.1 Å². The van der Waals surface area contributed by atoms with Crippen molar-refractivity contribution in [3.63, 3.8) is 0 Å². The van der Waals surface area contributed by atoms with Crippen LogP contribution in [0.5, 0.6) is 11.5 Å². The lowest BCUT2D eigenvalue weighted by Crippen LogP contribution is -2.45. The lowest BCUT2D eigenvalue weighted by molar-refractivity contribution is -0.122. The van der Waals surface area contributed by atoms with Crippen LogP contribution in [-0.4, -0.2) is 44.0 Å². The second kappa shape index (κ2) is 10.6. The minimum atomic E-state index is -2.95. The van der Waals surface area contributed by atoms with Crippen molar-refractivity contribution < 1.29 is 27.8 Å². The number of benzene rings is 2. The van der Waals surface area contributed by atoms with Gasteiger partial charge in [0, 0.05) is 17.1 Å². The molecule has 0 aliphatic rings. The summed E-state index contributed by atoms with van der Waals surface area (Å²) in [5.74, 6) is -0.816. The Labute approximate surface area is 171 Å². The van der Waals surface area contributed by atoms with Crippen molar-refractivity contribution in [3.05, 3.63) is 58.6 Å². The fraction of sp³-hybridized carbons (Fsp3) is 0.263. The van der Waals surface area contributed by atoms with Crippen molar-refractivity contribution >= 4 is 23.4 Å². The predicted molar refractivity (Wildman–Crippen MR) is 103 cm³/mol. The molecule has 2 amide bonds. The van der Waals surface area contributed by atoms with Gasteiger partial charge in [-0.1, -0.05) is 17.7 Å². The van der Waals surface area contributed by atoms with Crippen LogP contribution in [0.25, 0.3) is 0 Å². The van der Waals surface area contributed by atoms with E-state index in [-0.39, 0.29) is 18.0 Å². The molecule has 156 valence electrons. The molecule has 0 heterocycles. The average Bonchev–Trinajstić information content (AvgIpc) is 2.67. The van der Waals surface area contributed by atoms with Gasteiger partial charge in [0.1, 0.15) is 0 Å². The number of nitrogens with one attached hydrogen (secondary N) is 2. The molecule has 2 rings (SSSR count). The molecule has 0 aliphatic heterocycles. The fourth-order valence-corrected chi connectivity index (χ4v) is 2.58. The Balaban J connectivity index is 1.85. The molecule has 0 saturated heterocycles. The molecule has 7 nitrogen and oxygen atoms in total. The van der Waals surface area contributed by atoms with Gasteiger partial charge >= 0.3 is 6.61 Å². The topological polar surface area (TPSA) is 79.9 Å². The van der Waals surface area contributed by atoms with Gasteiger partial charge < -0.3 is 9.47 Å². The van der Waals surface area contributed by atoms with Gasteiger partial charge in [-0.3, -0.25) is 25.3 Å². The Morgan fingerprint density at radius 3 is 2.41 bits per heavy atom. The number of hydrazine groups is 1. The van der Waals surface area contributed by atoms with Gasteiger partial charge in [0.25, 0.3) is 11.8 Å². The molecule has 2 N–H and O–H groups in total. The summed E-state index contributed by atoms with van der Waals surface area (Å²) in [6.45, 7) is -2.63. The van der Waals surface area contributed by atoms with Gasteiger partial charge in [0.2, 0.25) is 0 Å². The molecule has 0 atom stereocenters. The van der Waals surface area contributed by atoms with E-state index in [2.05, 4.69) is 15.6 Å². The number of hydrogen-bond acceptors (Lipinski definition) is 5. The van der Waals surface area contributed by atoms with Crippen molar-refractivity contribution in [2.75, 3.05) is 20.7 Å². The first kappa shape index (κ1) is 22.4. The molecule has 0 radical (unpaired) electrons. The summed E-state index contributed by atoms with van der Waals surface area (Å²) in [4.78, 5) is 25.6. The standard InChI is InChI=1S/C19H20ClF2N3O4/c1-25(10-12-3-8-15(29-19(21)22)16(9-12)28-2)11-17(26)23-24-18(27)13-4-6-14(20)7-5-13/h3-9,19H,10-11H2,1-2H3,(H,23,26)(H,24,27). The highest BCUT2D eigenvalue weighted by atomic mass is 35.5. The maximum Gasteiger partial charge on any atom is 0.387 e. The minimum absolute atomic E-state index is 0.0154. The van der Waals surface area contributed by atoms with Crippen LogP contribution in [0.1, 0.15) is 15.9 Å². The normalized spacial score (nSPS) is 10.7. The first-order chi connectivity index (χ1) is 13.8. The van der Waals surface area contributed by atoms with Crippen LogP contribution in [0.15, 0.2) is 42.5 Å². The number of rotatable bonds is 8. The van der Waals surface area contributed by atoms with Gasteiger partial charge in [0.15, 0.2) is 11.5 Å². The number of likely N-dealkylation sites (N-methyl/N-ethyl adjacent to an activating group) is 1. The highest BCUT2D eigenvalue weighted by Crippen LogP contribution is 2.29. The lowest BCUT2D eigenvalue weighted by atomic mass is 10.2. The van der Waals surface area contributed by atoms with Crippen molar-refractivity contribution in [3.8, 4) is 11.5 Å². The summed E-state index contributed by atoms with van der Waals surface area (Å²) in [6, 6.07) is 10.7. The van der Waals surface area contributed by atoms with E-state index in [1.165, 1.54) is 25.3 Å². The fourth-order valence-electron chi connectivity index (χ4n) is 2.46. The largest absolute Gasteiger partial charge is 0.493 e. The zero-order valence-corrected chi connectivity index (χ0v) is 16.5. The number of halogens is 3. The van der Waals surface area contributed by atoms with Gasteiger partial charge in [-0.15, -0.1) is 0 Å². The minimum Gasteiger partial charge on any atom is -0.493 e. The molecular weight excluding hydrogens is 408 g/mol. The second-order valence-electron chi connectivity index (χ2n) is 6.05. The summed E-state index contributed by atoms with van der Waals surface area (Å²) in [5, 5.41) is 0.498. The number of carbonyl (C=O) groups is 2. The Kier molecular flexibility index (Phi) is 8.17. The Morgan fingerprint density at radius 2 is 1.79 bits per heavy atom. The van der Waals surface area contributed by atoms with Crippen molar-refractivity contribution in [1.29, 1.82) is 0 Å². The molecule has 0 bridgehead atoms. The van der Waals surface area contributed by atoms with E-state index >= 15 is 0 Å². The third-order valence-corrected chi connectivity index (χ3v) is 3.98. The Morgan fingerprint density at radius 1 is 1.10 bits per heavy atom. The molecule has 0 spiro atoms. The third-order valence-electron chi connectivity index (χ3n) is 3.73. The zero-order valence-electron chi connectivity index (χ0n) is 15.7. The van der Waals surface area contributed by atoms with Gasteiger partial charge in [-0.05, 0) is 49.0 Å². The molecule has 2 aromatic carbocycles. The van der Waals surface area contributed by atoms with Crippen molar-refractivity contribution in [2.24, 2.45) is 0 Å². The van der Waals surface area contributed by atoms with E-state index in [9.17, 15) is 18.4 Å². The number of amides is 2. The molecule has 2 aromatic rings. The molecule has 0 aliphatic carbocycles. The van der Waals surface area contributed by atoms with E-state index in [1.807, 2.05) is 0 Å². The third kappa shape index (κ3) is 7.20. The summed E-state index contributed by atoms with van der Waals surface area (Å²) in [5.41, 5.74) is 5.71. The van der Waals surface area contributed by atoms with Crippen molar-refractivity contribution in [1.82, 2.24) is 15.8 Å². The quantitative estimate of drug-likeness (QED) is 0.633. The molecule has 0 saturated carbocycles. The summed E-state index contributed by atoms with van der Waals surface area (Å²) in [7, 11) is 3.04. The highest BCUT2D eigenvalue weighted by molar-refractivity contribution is 6.30. The Hall–Kier alpha value is -2.91. The van der Waals surface area contributed by atoms with E-state index in [4.69, 9.17) is 16.3 Å². The molecule has 29 heavy (non-hydrogen) atoms. The number of methoxy groups -OCH3 is 1. The van der Waals surface area contributed by atoms with Crippen LogP contribution in [0.3, 0.4) is 0 Å². The maximum absolute atomic E-state index is 12.4. The Bertz CT molecular complexity index is 850.